The van der Waals surface area contributed by atoms with E-state index in [1.807, 2.05) is 0 Å². The van der Waals surface area contributed by atoms with Crippen molar-refractivity contribution in [1.82, 2.24) is 0 Å². The highest BCUT2D eigenvalue weighted by atomic mass is 19.2. The van der Waals surface area contributed by atoms with Gasteiger partial charge in [0.1, 0.15) is 0 Å². The van der Waals surface area contributed by atoms with Crippen LogP contribution in [0.5, 0.6) is 0 Å². The summed E-state index contributed by atoms with van der Waals surface area (Å²) >= 11 is 0. The number of nitrogens with two attached hydrogens (primary N) is 1. The van der Waals surface area contributed by atoms with Crippen molar-refractivity contribution in [2.75, 3.05) is 5.32 Å². The zero-order valence-corrected chi connectivity index (χ0v) is 7.93. The smallest absolute Gasteiger partial charge is 0.194 e. The van der Waals surface area contributed by atoms with E-state index in [1.165, 1.54) is 0 Å². The molecular formula is C10H11F3N2. The molecule has 1 aromatic carbocycles. The Labute approximate surface area is 85.3 Å². The van der Waals surface area contributed by atoms with Gasteiger partial charge in [-0.05, 0) is 12.8 Å². The van der Waals surface area contributed by atoms with Gasteiger partial charge in [0.05, 0.1) is 0 Å². The Morgan fingerprint density at radius 2 is 1.67 bits per heavy atom. The molecule has 1 fully saturated rings. The van der Waals surface area contributed by atoms with E-state index in [2.05, 4.69) is 5.32 Å². The van der Waals surface area contributed by atoms with Crippen LogP contribution >= 0.6 is 0 Å². The highest BCUT2D eigenvalue weighted by Gasteiger charge is 2.26. The normalized spacial score (nSPS) is 24.8. The predicted octanol–water partition coefficient (Wildman–Crippen LogP) is 2.01. The van der Waals surface area contributed by atoms with E-state index in [1.54, 1.807) is 0 Å². The van der Waals surface area contributed by atoms with Crippen molar-refractivity contribution in [3.8, 4) is 0 Å². The van der Waals surface area contributed by atoms with Gasteiger partial charge in [0, 0.05) is 29.9 Å². The second kappa shape index (κ2) is 3.73. The molecule has 1 aliphatic rings. The van der Waals surface area contributed by atoms with Crippen LogP contribution in [0.1, 0.15) is 12.8 Å². The summed E-state index contributed by atoms with van der Waals surface area (Å²) in [4.78, 5) is 0. The average Bonchev–Trinajstić information content (AvgIpc) is 2.11. The van der Waals surface area contributed by atoms with Crippen LogP contribution in [0.15, 0.2) is 12.1 Å². The van der Waals surface area contributed by atoms with Crippen LogP contribution in [0, 0.1) is 17.5 Å². The molecule has 1 aromatic rings. The van der Waals surface area contributed by atoms with E-state index in [-0.39, 0.29) is 17.8 Å². The molecule has 1 saturated carbocycles. The fraction of sp³-hybridized carbons (Fsp3) is 0.400. The monoisotopic (exact) mass is 216 g/mol. The Morgan fingerprint density at radius 1 is 1.13 bits per heavy atom. The second-order valence-electron chi connectivity index (χ2n) is 3.83. The van der Waals surface area contributed by atoms with Crippen LogP contribution in [0.4, 0.5) is 18.9 Å². The molecule has 0 radical (unpaired) electrons. The molecule has 0 atom stereocenters. The SMILES string of the molecule is NC1CC(Nc2cc(F)c(F)c(F)c2)C1. The Bertz CT molecular complexity index is 352. The lowest BCUT2D eigenvalue weighted by atomic mass is 9.87. The van der Waals surface area contributed by atoms with Crippen LogP contribution in [0.3, 0.4) is 0 Å². The molecule has 0 bridgehead atoms. The van der Waals surface area contributed by atoms with Gasteiger partial charge in [0.15, 0.2) is 17.5 Å². The minimum atomic E-state index is -1.44. The lowest BCUT2D eigenvalue weighted by molar-refractivity contribution is 0.373. The standard InChI is InChI=1S/C10H11F3N2/c11-8-3-7(4-9(12)10(8)13)15-6-1-5(14)2-6/h3-6,15H,1-2,14H2. The maximum absolute atomic E-state index is 12.8. The first kappa shape index (κ1) is 10.3. The van der Waals surface area contributed by atoms with Gasteiger partial charge in [-0.2, -0.15) is 0 Å². The van der Waals surface area contributed by atoms with Gasteiger partial charge >= 0.3 is 0 Å². The number of halogens is 3. The fourth-order valence-corrected chi connectivity index (χ4v) is 1.65. The molecule has 0 spiro atoms. The lowest BCUT2D eigenvalue weighted by Gasteiger charge is -2.33. The largest absolute Gasteiger partial charge is 0.382 e. The molecule has 0 aromatic heterocycles. The van der Waals surface area contributed by atoms with E-state index in [4.69, 9.17) is 5.73 Å². The van der Waals surface area contributed by atoms with Crippen LogP contribution in [0.2, 0.25) is 0 Å². The predicted molar refractivity (Wildman–Crippen MR) is 50.9 cm³/mol. The Kier molecular flexibility index (Phi) is 2.56. The number of rotatable bonds is 2. The molecular weight excluding hydrogens is 205 g/mol. The van der Waals surface area contributed by atoms with Crippen molar-refractivity contribution in [1.29, 1.82) is 0 Å². The summed E-state index contributed by atoms with van der Waals surface area (Å²) in [6.07, 6.45) is 1.53. The van der Waals surface area contributed by atoms with E-state index in [0.717, 1.165) is 25.0 Å². The summed E-state index contributed by atoms with van der Waals surface area (Å²) in [5, 5.41) is 2.89. The zero-order valence-electron chi connectivity index (χ0n) is 7.93. The Morgan fingerprint density at radius 3 is 2.13 bits per heavy atom. The summed E-state index contributed by atoms with van der Waals surface area (Å²) in [5.74, 6) is -3.80. The quantitative estimate of drug-likeness (QED) is 0.742. The maximum atomic E-state index is 12.8. The first-order valence-electron chi connectivity index (χ1n) is 4.73. The first-order valence-corrected chi connectivity index (χ1v) is 4.73. The number of hydrogen-bond acceptors (Lipinski definition) is 2. The molecule has 82 valence electrons. The molecule has 1 aliphatic carbocycles. The minimum absolute atomic E-state index is 0.129. The van der Waals surface area contributed by atoms with Gasteiger partial charge < -0.3 is 11.1 Å². The zero-order chi connectivity index (χ0) is 11.0. The minimum Gasteiger partial charge on any atom is -0.382 e. The van der Waals surface area contributed by atoms with Gasteiger partial charge in [-0.1, -0.05) is 0 Å². The summed E-state index contributed by atoms with van der Waals surface area (Å²) in [6.45, 7) is 0. The van der Waals surface area contributed by atoms with E-state index >= 15 is 0 Å². The second-order valence-corrected chi connectivity index (χ2v) is 3.83. The van der Waals surface area contributed by atoms with Gasteiger partial charge in [-0.3, -0.25) is 0 Å². The van der Waals surface area contributed by atoms with Crippen molar-refractivity contribution >= 4 is 5.69 Å². The molecule has 2 nitrogen and oxygen atoms in total. The summed E-state index contributed by atoms with van der Waals surface area (Å²) in [7, 11) is 0. The average molecular weight is 216 g/mol. The molecule has 0 unspecified atom stereocenters. The van der Waals surface area contributed by atoms with E-state index in [0.29, 0.717) is 0 Å². The topological polar surface area (TPSA) is 38.0 Å². The van der Waals surface area contributed by atoms with Gasteiger partial charge in [0.25, 0.3) is 0 Å². The molecule has 0 amide bonds. The maximum Gasteiger partial charge on any atom is 0.194 e. The molecule has 15 heavy (non-hydrogen) atoms. The van der Waals surface area contributed by atoms with Crippen LogP contribution in [-0.2, 0) is 0 Å². The molecule has 5 heteroatoms. The lowest BCUT2D eigenvalue weighted by Crippen LogP contribution is -2.44. The molecule has 0 aliphatic heterocycles. The Hall–Kier alpha value is -1.23. The molecule has 0 saturated heterocycles. The van der Waals surface area contributed by atoms with Crippen molar-refractivity contribution in [3.05, 3.63) is 29.6 Å². The van der Waals surface area contributed by atoms with Crippen molar-refractivity contribution in [2.24, 2.45) is 5.73 Å². The highest BCUT2D eigenvalue weighted by molar-refractivity contribution is 5.45. The van der Waals surface area contributed by atoms with Crippen LogP contribution in [0.25, 0.3) is 0 Å². The van der Waals surface area contributed by atoms with E-state index in [9.17, 15) is 13.2 Å². The third-order valence-electron chi connectivity index (χ3n) is 2.53. The Balaban J connectivity index is 2.09. The fourth-order valence-electron chi connectivity index (χ4n) is 1.65. The number of nitrogens with one attached hydrogen (secondary N) is 1. The first-order chi connectivity index (χ1) is 7.06. The number of benzene rings is 1. The molecule has 0 heterocycles. The summed E-state index contributed by atoms with van der Waals surface area (Å²) in [5.41, 5.74) is 5.81. The molecule has 2 rings (SSSR count). The van der Waals surface area contributed by atoms with Crippen LogP contribution in [-0.4, -0.2) is 12.1 Å². The van der Waals surface area contributed by atoms with Crippen molar-refractivity contribution < 1.29 is 13.2 Å². The molecule has 3 N–H and O–H groups in total. The summed E-state index contributed by atoms with van der Waals surface area (Å²) < 4.78 is 38.2. The number of anilines is 1. The van der Waals surface area contributed by atoms with E-state index < -0.39 is 17.5 Å². The third-order valence-corrected chi connectivity index (χ3v) is 2.53. The third kappa shape index (κ3) is 2.07. The van der Waals surface area contributed by atoms with Crippen LogP contribution < -0.4 is 11.1 Å². The summed E-state index contributed by atoms with van der Waals surface area (Å²) in [6, 6.07) is 2.17. The van der Waals surface area contributed by atoms with Crippen molar-refractivity contribution in [2.45, 2.75) is 24.9 Å². The van der Waals surface area contributed by atoms with Gasteiger partial charge in [0.2, 0.25) is 0 Å². The van der Waals surface area contributed by atoms with Crippen molar-refractivity contribution in [3.63, 3.8) is 0 Å². The number of hydrogen-bond donors (Lipinski definition) is 2. The van der Waals surface area contributed by atoms with Gasteiger partial charge in [-0.25, -0.2) is 13.2 Å². The highest BCUT2D eigenvalue weighted by Crippen LogP contribution is 2.24. The van der Waals surface area contributed by atoms with Gasteiger partial charge in [-0.15, -0.1) is 0 Å².